The average Bonchev–Trinajstić information content (AvgIpc) is 2.60. The van der Waals surface area contributed by atoms with Crippen LogP contribution >= 0.6 is 11.6 Å². The number of nitriles is 1. The van der Waals surface area contributed by atoms with Crippen molar-refractivity contribution in [3.63, 3.8) is 0 Å². The Morgan fingerprint density at radius 2 is 2.12 bits per heavy atom. The van der Waals surface area contributed by atoms with Crippen molar-refractivity contribution in [2.45, 2.75) is 20.0 Å². The number of rotatable bonds is 7. The topological polar surface area (TPSA) is 114 Å². The van der Waals surface area contributed by atoms with Crippen LogP contribution in [0.15, 0.2) is 30.6 Å². The standard InChI is InChI=1S/C17H18ClN5O3/c1-11(2)25-5-6-26-15-4-3-12(18)7-14(15)23(17(20)24)16-10-21-13(8-19)9-22-16/h3-4,7,9-11H,5-6H2,1-2H3,(H2,20,24). The SMILES string of the molecule is CC(C)OCCOc1ccc(Cl)cc1N(C(N)=O)c1cnc(C#N)cn1. The quantitative estimate of drug-likeness (QED) is 0.744. The van der Waals surface area contributed by atoms with Gasteiger partial charge in [-0.15, -0.1) is 0 Å². The zero-order valence-electron chi connectivity index (χ0n) is 14.3. The Morgan fingerprint density at radius 3 is 2.69 bits per heavy atom. The number of halogens is 1. The molecule has 0 aliphatic carbocycles. The first-order valence-corrected chi connectivity index (χ1v) is 8.16. The molecule has 8 nitrogen and oxygen atoms in total. The van der Waals surface area contributed by atoms with Crippen LogP contribution in [0, 0.1) is 11.3 Å². The molecule has 0 saturated carbocycles. The van der Waals surface area contributed by atoms with Gasteiger partial charge in [0.1, 0.15) is 18.4 Å². The Kier molecular flexibility index (Phi) is 6.72. The van der Waals surface area contributed by atoms with Crippen molar-refractivity contribution in [1.29, 1.82) is 5.26 Å². The molecule has 2 rings (SSSR count). The van der Waals surface area contributed by atoms with E-state index >= 15 is 0 Å². The van der Waals surface area contributed by atoms with Crippen molar-refractivity contribution in [2.24, 2.45) is 5.73 Å². The van der Waals surface area contributed by atoms with Crippen molar-refractivity contribution in [3.8, 4) is 11.8 Å². The molecule has 0 unspecified atom stereocenters. The van der Waals surface area contributed by atoms with E-state index in [1.807, 2.05) is 19.9 Å². The van der Waals surface area contributed by atoms with Gasteiger partial charge >= 0.3 is 6.03 Å². The lowest BCUT2D eigenvalue weighted by Gasteiger charge is -2.22. The van der Waals surface area contributed by atoms with Crippen LogP contribution in [0.3, 0.4) is 0 Å². The fourth-order valence-electron chi connectivity index (χ4n) is 2.07. The highest BCUT2D eigenvalue weighted by molar-refractivity contribution is 6.31. The largest absolute Gasteiger partial charge is 0.489 e. The monoisotopic (exact) mass is 375 g/mol. The van der Waals surface area contributed by atoms with Crippen molar-refractivity contribution in [2.75, 3.05) is 18.1 Å². The molecular weight excluding hydrogens is 358 g/mol. The van der Waals surface area contributed by atoms with E-state index in [9.17, 15) is 4.79 Å². The van der Waals surface area contributed by atoms with E-state index in [1.54, 1.807) is 12.1 Å². The zero-order valence-corrected chi connectivity index (χ0v) is 15.1. The molecule has 0 bridgehead atoms. The van der Waals surface area contributed by atoms with E-state index in [0.717, 1.165) is 4.90 Å². The van der Waals surface area contributed by atoms with Gasteiger partial charge in [0.05, 0.1) is 30.8 Å². The number of hydrogen-bond donors (Lipinski definition) is 1. The lowest BCUT2D eigenvalue weighted by atomic mass is 10.2. The Hall–Kier alpha value is -2.89. The second kappa shape index (κ2) is 8.99. The molecule has 0 saturated heterocycles. The lowest BCUT2D eigenvalue weighted by molar-refractivity contribution is 0.0554. The van der Waals surface area contributed by atoms with Crippen LogP contribution in [-0.4, -0.2) is 35.3 Å². The van der Waals surface area contributed by atoms with Crippen LogP contribution < -0.4 is 15.4 Å². The van der Waals surface area contributed by atoms with E-state index in [0.29, 0.717) is 23.1 Å². The van der Waals surface area contributed by atoms with Crippen LogP contribution in [0.4, 0.5) is 16.3 Å². The van der Waals surface area contributed by atoms with Crippen molar-refractivity contribution < 1.29 is 14.3 Å². The number of carbonyl (C=O) groups is 1. The lowest BCUT2D eigenvalue weighted by Crippen LogP contribution is -2.32. The van der Waals surface area contributed by atoms with Gasteiger partial charge < -0.3 is 15.2 Å². The van der Waals surface area contributed by atoms with Gasteiger partial charge in [0.15, 0.2) is 11.5 Å². The number of primary amides is 1. The summed E-state index contributed by atoms with van der Waals surface area (Å²) in [6, 6.07) is 5.85. The van der Waals surface area contributed by atoms with Gasteiger partial charge in [-0.05, 0) is 32.0 Å². The number of ether oxygens (including phenoxy) is 2. The summed E-state index contributed by atoms with van der Waals surface area (Å²) in [6.07, 6.45) is 2.60. The molecule has 9 heteroatoms. The molecule has 0 fully saturated rings. The van der Waals surface area contributed by atoms with E-state index in [1.165, 1.54) is 18.5 Å². The summed E-state index contributed by atoms with van der Waals surface area (Å²) in [7, 11) is 0. The fraction of sp³-hybridized carbons (Fsp3) is 0.294. The predicted octanol–water partition coefficient (Wildman–Crippen LogP) is 3.02. The first-order chi connectivity index (χ1) is 12.4. The van der Waals surface area contributed by atoms with E-state index in [-0.39, 0.29) is 24.2 Å². The molecule has 0 aliphatic rings. The van der Waals surface area contributed by atoms with Gasteiger partial charge in [-0.25, -0.2) is 19.7 Å². The Morgan fingerprint density at radius 1 is 1.35 bits per heavy atom. The second-order valence-corrected chi connectivity index (χ2v) is 5.86. The summed E-state index contributed by atoms with van der Waals surface area (Å²) >= 11 is 6.07. The Bertz CT molecular complexity index is 805. The normalized spacial score (nSPS) is 10.4. The molecule has 26 heavy (non-hydrogen) atoms. The number of carbonyl (C=O) groups excluding carboxylic acids is 1. The zero-order chi connectivity index (χ0) is 19.1. The molecule has 0 aliphatic heterocycles. The summed E-state index contributed by atoms with van der Waals surface area (Å²) in [5, 5.41) is 9.21. The molecule has 0 radical (unpaired) electrons. The summed E-state index contributed by atoms with van der Waals surface area (Å²) in [5.74, 6) is 0.522. The van der Waals surface area contributed by atoms with Gasteiger partial charge in [0.2, 0.25) is 0 Å². The van der Waals surface area contributed by atoms with E-state index in [4.69, 9.17) is 32.1 Å². The first-order valence-electron chi connectivity index (χ1n) is 7.78. The van der Waals surface area contributed by atoms with Crippen LogP contribution in [0.2, 0.25) is 5.02 Å². The maximum absolute atomic E-state index is 12.0. The number of nitrogens with two attached hydrogens (primary N) is 1. The molecule has 0 spiro atoms. The third-order valence-corrected chi connectivity index (χ3v) is 3.39. The molecule has 1 aromatic heterocycles. The Labute approximate surface area is 156 Å². The second-order valence-electron chi connectivity index (χ2n) is 5.43. The van der Waals surface area contributed by atoms with Crippen molar-refractivity contribution >= 4 is 29.1 Å². The summed E-state index contributed by atoms with van der Waals surface area (Å²) in [4.78, 5) is 21.1. The number of urea groups is 1. The third-order valence-electron chi connectivity index (χ3n) is 3.16. The molecule has 1 heterocycles. The Balaban J connectivity index is 2.33. The molecule has 2 N–H and O–H groups in total. The maximum atomic E-state index is 12.0. The third kappa shape index (κ3) is 5.05. The number of aromatic nitrogens is 2. The van der Waals surface area contributed by atoms with Gasteiger partial charge in [0, 0.05) is 5.02 Å². The number of nitrogens with zero attached hydrogens (tertiary/aromatic N) is 4. The predicted molar refractivity (Wildman–Crippen MR) is 96.5 cm³/mol. The minimum atomic E-state index is -0.797. The molecule has 2 aromatic rings. The fourth-order valence-corrected chi connectivity index (χ4v) is 2.24. The summed E-state index contributed by atoms with van der Waals surface area (Å²) in [5.41, 5.74) is 5.95. The maximum Gasteiger partial charge on any atom is 0.325 e. The molecule has 136 valence electrons. The van der Waals surface area contributed by atoms with Gasteiger partial charge in [-0.1, -0.05) is 11.6 Å². The van der Waals surface area contributed by atoms with Crippen LogP contribution in [0.5, 0.6) is 5.75 Å². The summed E-state index contributed by atoms with van der Waals surface area (Å²) in [6.45, 7) is 4.50. The van der Waals surface area contributed by atoms with E-state index < -0.39 is 6.03 Å². The minimum Gasteiger partial charge on any atom is -0.489 e. The van der Waals surface area contributed by atoms with Crippen molar-refractivity contribution in [1.82, 2.24) is 9.97 Å². The highest BCUT2D eigenvalue weighted by Crippen LogP contribution is 2.35. The van der Waals surface area contributed by atoms with Gasteiger partial charge in [-0.2, -0.15) is 5.26 Å². The van der Waals surface area contributed by atoms with Crippen molar-refractivity contribution in [3.05, 3.63) is 41.3 Å². The van der Waals surface area contributed by atoms with Gasteiger partial charge in [-0.3, -0.25) is 0 Å². The van der Waals surface area contributed by atoms with Crippen LogP contribution in [0.1, 0.15) is 19.5 Å². The number of benzene rings is 1. The highest BCUT2D eigenvalue weighted by atomic mass is 35.5. The van der Waals surface area contributed by atoms with Crippen LogP contribution in [-0.2, 0) is 4.74 Å². The molecule has 2 amide bonds. The number of amides is 2. The van der Waals surface area contributed by atoms with E-state index in [2.05, 4.69) is 9.97 Å². The summed E-state index contributed by atoms with van der Waals surface area (Å²) < 4.78 is 11.1. The number of hydrogen-bond acceptors (Lipinski definition) is 6. The average molecular weight is 376 g/mol. The molecular formula is C17H18ClN5O3. The van der Waals surface area contributed by atoms with Gasteiger partial charge in [0.25, 0.3) is 0 Å². The minimum absolute atomic E-state index is 0.0827. The smallest absolute Gasteiger partial charge is 0.325 e. The van der Waals surface area contributed by atoms with Crippen LogP contribution in [0.25, 0.3) is 0 Å². The first kappa shape index (κ1) is 19.4. The highest BCUT2D eigenvalue weighted by Gasteiger charge is 2.21. The molecule has 0 atom stereocenters. The number of anilines is 2. The molecule has 1 aromatic carbocycles.